The lowest BCUT2D eigenvalue weighted by molar-refractivity contribution is -0.166. The smallest absolute Gasteiger partial charge is 0.332 e. The van der Waals surface area contributed by atoms with Crippen molar-refractivity contribution in [2.24, 2.45) is 27.6 Å². The van der Waals surface area contributed by atoms with Gasteiger partial charge in [-0.15, -0.1) is 0 Å². The van der Waals surface area contributed by atoms with Gasteiger partial charge in [-0.25, -0.2) is 14.8 Å². The monoisotopic (exact) mass is 457 g/mol. The number of esters is 1. The first kappa shape index (κ1) is 27.3. The largest absolute Gasteiger partial charge is 0.455 e. The molecular formula is C19H31N5O8. The Hall–Kier alpha value is -2.70. The second-order valence-corrected chi connectivity index (χ2v) is 6.72. The topological polar surface area (TPSA) is 171 Å². The van der Waals surface area contributed by atoms with Crippen LogP contribution in [0, 0.1) is 11.8 Å². The molecule has 3 aliphatic rings. The molecule has 0 aromatic carbocycles. The number of rotatable bonds is 6. The maximum Gasteiger partial charge on any atom is 0.332 e. The fourth-order valence-corrected chi connectivity index (χ4v) is 3.83. The number of nitrogens with one attached hydrogen (secondary N) is 1. The van der Waals surface area contributed by atoms with E-state index in [4.69, 9.17) is 18.9 Å². The highest BCUT2D eigenvalue weighted by molar-refractivity contribution is 6.06. The Morgan fingerprint density at radius 1 is 1.09 bits per heavy atom. The first-order valence-electron chi connectivity index (χ1n) is 9.80. The molecule has 4 unspecified atom stereocenters. The van der Waals surface area contributed by atoms with Crippen LogP contribution in [0.1, 0.15) is 0 Å². The summed E-state index contributed by atoms with van der Waals surface area (Å²) >= 11 is 0. The Balaban J connectivity index is 0.000000646. The van der Waals surface area contributed by atoms with E-state index in [1.165, 1.54) is 28.3 Å². The summed E-state index contributed by atoms with van der Waals surface area (Å²) in [5, 5.41) is 2.36. The second-order valence-electron chi connectivity index (χ2n) is 6.72. The van der Waals surface area contributed by atoms with E-state index < -0.39 is 48.8 Å². The molecule has 0 aromatic rings. The Labute approximate surface area is 186 Å². The minimum absolute atomic E-state index is 0.269. The quantitative estimate of drug-likeness (QED) is 0.252. The minimum Gasteiger partial charge on any atom is -0.455 e. The average Bonchev–Trinajstić information content (AvgIpc) is 3.41. The summed E-state index contributed by atoms with van der Waals surface area (Å²) in [6.07, 6.45) is -2.82. The highest BCUT2D eigenvalue weighted by Crippen LogP contribution is 2.50. The van der Waals surface area contributed by atoms with Crippen LogP contribution >= 0.6 is 0 Å². The average molecular weight is 457 g/mol. The first-order valence-corrected chi connectivity index (χ1v) is 9.80. The van der Waals surface area contributed by atoms with Gasteiger partial charge in [0, 0.05) is 35.3 Å². The van der Waals surface area contributed by atoms with Crippen LogP contribution in [0.4, 0.5) is 0 Å². The number of aliphatic imine (C=N–C) groups is 2. The number of likely N-dealkylation sites (tertiary alicyclic amines) is 1. The number of amides is 3. The zero-order valence-electron chi connectivity index (χ0n) is 19.1. The molecule has 3 rings (SSSR count). The van der Waals surface area contributed by atoms with Gasteiger partial charge in [0.15, 0.2) is 6.10 Å². The number of nitrogens with two attached hydrogens (primary N) is 1. The lowest BCUT2D eigenvalue weighted by atomic mass is 9.78. The molecule has 0 aliphatic carbocycles. The van der Waals surface area contributed by atoms with Gasteiger partial charge in [-0.1, -0.05) is 0 Å². The summed E-state index contributed by atoms with van der Waals surface area (Å²) in [6.45, 7) is -0.687. The molecule has 3 aliphatic heterocycles. The van der Waals surface area contributed by atoms with E-state index in [1.807, 2.05) is 0 Å². The number of hydrogen-bond donors (Lipinski definition) is 2. The SMILES string of the molecule is CN.CN=C=NC.CNC(=O)COCC(=O)OC1C2O[C@@H](C3C(=O)N(C)C(=O)C23)[C@H]1OC. The van der Waals surface area contributed by atoms with Crippen molar-refractivity contribution in [3.05, 3.63) is 0 Å². The Morgan fingerprint density at radius 2 is 1.62 bits per heavy atom. The molecule has 0 spiro atoms. The minimum atomic E-state index is -0.810. The first-order chi connectivity index (χ1) is 15.3. The number of likely N-dealkylation sites (N-methyl/N-ethyl adjacent to an activating group) is 1. The summed E-state index contributed by atoms with van der Waals surface area (Å²) < 4.78 is 21.4. The number of hydrogen-bond acceptors (Lipinski definition) is 11. The van der Waals surface area contributed by atoms with Crippen molar-refractivity contribution in [2.45, 2.75) is 24.4 Å². The van der Waals surface area contributed by atoms with Crippen LogP contribution < -0.4 is 11.1 Å². The van der Waals surface area contributed by atoms with Crippen molar-refractivity contribution in [3.63, 3.8) is 0 Å². The predicted octanol–water partition coefficient (Wildman–Crippen LogP) is -2.32. The number of methoxy groups -OCH3 is 1. The standard InChI is InChI=1S/C15H20N2O8.C3H6N2.CH5N/c1-16-6(18)4-23-5-7(19)24-13-11-9-8(10(25-11)12(13)22-3)14(20)17(2)15(9)21;1-4-3-5-2;1-2/h8-13H,4-5H2,1-3H3,(H,16,18);1-2H3;2H2,1H3/t8?,9?,10-,11?,12+,13?;;/m0../s1. The van der Waals surface area contributed by atoms with Gasteiger partial charge in [-0.05, 0) is 7.05 Å². The van der Waals surface area contributed by atoms with Crippen LogP contribution in [0.15, 0.2) is 9.98 Å². The van der Waals surface area contributed by atoms with Gasteiger partial charge in [-0.3, -0.25) is 19.3 Å². The van der Waals surface area contributed by atoms with E-state index >= 15 is 0 Å². The van der Waals surface area contributed by atoms with Crippen LogP contribution in [-0.2, 0) is 38.1 Å². The zero-order chi connectivity index (χ0) is 24.4. The molecule has 3 saturated heterocycles. The second kappa shape index (κ2) is 13.0. The molecule has 3 N–H and O–H groups in total. The van der Waals surface area contributed by atoms with E-state index in [0.717, 1.165) is 4.90 Å². The normalized spacial score (nSPS) is 29.0. The van der Waals surface area contributed by atoms with Crippen molar-refractivity contribution >= 4 is 29.7 Å². The molecule has 13 heteroatoms. The van der Waals surface area contributed by atoms with Crippen molar-refractivity contribution in [2.75, 3.05) is 55.6 Å². The Kier molecular flexibility index (Phi) is 11.1. The van der Waals surface area contributed by atoms with Crippen molar-refractivity contribution in [1.82, 2.24) is 10.2 Å². The summed E-state index contributed by atoms with van der Waals surface area (Å²) in [5.41, 5.74) is 4.50. The summed E-state index contributed by atoms with van der Waals surface area (Å²) in [7, 11) is 9.07. The molecule has 3 fully saturated rings. The van der Waals surface area contributed by atoms with Crippen LogP contribution in [0.5, 0.6) is 0 Å². The highest BCUT2D eigenvalue weighted by Gasteiger charge is 2.69. The molecule has 3 amide bonds. The van der Waals surface area contributed by atoms with E-state index in [9.17, 15) is 19.2 Å². The summed E-state index contributed by atoms with van der Waals surface area (Å²) in [4.78, 5) is 55.5. The van der Waals surface area contributed by atoms with Gasteiger partial charge >= 0.3 is 5.97 Å². The van der Waals surface area contributed by atoms with Gasteiger partial charge in [0.25, 0.3) is 0 Å². The molecule has 3 heterocycles. The van der Waals surface area contributed by atoms with Gasteiger partial charge in [0.05, 0.1) is 17.8 Å². The lowest BCUT2D eigenvalue weighted by Gasteiger charge is -2.31. The molecule has 180 valence electrons. The molecule has 0 aromatic heterocycles. The molecule has 32 heavy (non-hydrogen) atoms. The summed E-state index contributed by atoms with van der Waals surface area (Å²) in [5.74, 6) is -2.98. The third-order valence-electron chi connectivity index (χ3n) is 5.08. The van der Waals surface area contributed by atoms with E-state index in [2.05, 4.69) is 27.0 Å². The predicted molar refractivity (Wildman–Crippen MR) is 111 cm³/mol. The molecule has 0 radical (unpaired) electrons. The number of ether oxygens (including phenoxy) is 4. The third-order valence-corrected chi connectivity index (χ3v) is 5.08. The Bertz CT molecular complexity index is 748. The number of carbonyl (C=O) groups excluding carboxylic acids is 4. The highest BCUT2D eigenvalue weighted by atomic mass is 16.6. The maximum atomic E-state index is 12.3. The van der Waals surface area contributed by atoms with E-state index in [0.29, 0.717) is 0 Å². The van der Waals surface area contributed by atoms with Crippen LogP contribution in [-0.4, -0.2) is 115 Å². The van der Waals surface area contributed by atoms with Crippen molar-refractivity contribution in [1.29, 1.82) is 0 Å². The molecule has 6 atom stereocenters. The van der Waals surface area contributed by atoms with Crippen LogP contribution in [0.3, 0.4) is 0 Å². The van der Waals surface area contributed by atoms with Crippen molar-refractivity contribution < 1.29 is 38.1 Å². The fraction of sp³-hybridized carbons (Fsp3) is 0.737. The number of nitrogens with zero attached hydrogens (tertiary/aromatic N) is 3. The zero-order valence-corrected chi connectivity index (χ0v) is 19.1. The third kappa shape index (κ3) is 5.75. The van der Waals surface area contributed by atoms with E-state index in [-0.39, 0.29) is 24.3 Å². The molecular weight excluding hydrogens is 426 g/mol. The van der Waals surface area contributed by atoms with Crippen molar-refractivity contribution in [3.8, 4) is 0 Å². The van der Waals surface area contributed by atoms with Gasteiger partial charge in [0.2, 0.25) is 17.7 Å². The van der Waals surface area contributed by atoms with Gasteiger partial charge in [-0.2, -0.15) is 0 Å². The molecule has 2 bridgehead atoms. The number of carbonyl (C=O) groups is 4. The summed E-state index contributed by atoms with van der Waals surface area (Å²) in [6, 6.07) is 2.36. The lowest BCUT2D eigenvalue weighted by Crippen LogP contribution is -2.50. The van der Waals surface area contributed by atoms with Crippen LogP contribution in [0.25, 0.3) is 0 Å². The van der Waals surface area contributed by atoms with Gasteiger partial charge in [0.1, 0.15) is 31.5 Å². The maximum absolute atomic E-state index is 12.3. The fourth-order valence-electron chi connectivity index (χ4n) is 3.83. The Morgan fingerprint density at radius 3 is 2.06 bits per heavy atom. The van der Waals surface area contributed by atoms with Crippen LogP contribution in [0.2, 0.25) is 0 Å². The number of imide groups is 1. The number of fused-ring (bicyclic) bond motifs is 5. The molecule has 0 saturated carbocycles. The van der Waals surface area contributed by atoms with E-state index in [1.54, 1.807) is 14.1 Å². The van der Waals surface area contributed by atoms with Gasteiger partial charge < -0.3 is 30.0 Å². The molecule has 13 nitrogen and oxygen atoms in total.